The summed E-state index contributed by atoms with van der Waals surface area (Å²) in [4.78, 5) is 6.84. The highest BCUT2D eigenvalue weighted by Gasteiger charge is 2.19. The first kappa shape index (κ1) is 13.5. The second kappa shape index (κ2) is 6.24. The van der Waals surface area contributed by atoms with Crippen molar-refractivity contribution in [2.75, 3.05) is 33.7 Å². The van der Waals surface area contributed by atoms with E-state index in [1.54, 1.807) is 0 Å². The predicted molar refractivity (Wildman–Crippen MR) is 71.1 cm³/mol. The predicted octanol–water partition coefficient (Wildman–Crippen LogP) is 2.14. The molecule has 1 rings (SSSR count). The van der Waals surface area contributed by atoms with Crippen molar-refractivity contribution in [3.8, 4) is 0 Å². The molecular weight excluding hydrogens is 198 g/mol. The van der Waals surface area contributed by atoms with Crippen LogP contribution in [0.5, 0.6) is 0 Å². The van der Waals surface area contributed by atoms with Crippen LogP contribution in [0, 0.1) is 5.41 Å². The van der Waals surface area contributed by atoms with Crippen molar-refractivity contribution in [3.05, 3.63) is 0 Å². The first-order chi connectivity index (χ1) is 7.49. The molecule has 3 heteroatoms. The first-order valence-corrected chi connectivity index (χ1v) is 6.41. The highest BCUT2D eigenvalue weighted by Crippen LogP contribution is 2.15. The lowest BCUT2D eigenvalue weighted by Crippen LogP contribution is -2.39. The summed E-state index contributed by atoms with van der Waals surface area (Å²) in [7, 11) is 4.26. The molecule has 0 unspecified atom stereocenters. The lowest BCUT2D eigenvalue weighted by molar-refractivity contribution is 0.241. The largest absolute Gasteiger partial charge is 0.373 e. The molecule has 1 heterocycles. The Morgan fingerprint density at radius 1 is 1.25 bits per heavy atom. The second-order valence-corrected chi connectivity index (χ2v) is 5.89. The van der Waals surface area contributed by atoms with Crippen molar-refractivity contribution < 1.29 is 0 Å². The van der Waals surface area contributed by atoms with Gasteiger partial charge in [0.15, 0.2) is 0 Å². The van der Waals surface area contributed by atoms with Gasteiger partial charge in [-0.2, -0.15) is 0 Å². The summed E-state index contributed by atoms with van der Waals surface area (Å²) in [5, 5.41) is 3.53. The zero-order valence-corrected chi connectivity index (χ0v) is 11.3. The summed E-state index contributed by atoms with van der Waals surface area (Å²) in [6.07, 6.45) is 5.01. The summed E-state index contributed by atoms with van der Waals surface area (Å²) in [6.45, 7) is 7.74. The highest BCUT2D eigenvalue weighted by atomic mass is 15.1. The average molecular weight is 225 g/mol. The minimum absolute atomic E-state index is 0.304. The van der Waals surface area contributed by atoms with E-state index in [-0.39, 0.29) is 0 Å². The Labute approximate surface area is 100 Å². The number of aliphatic imine (C=N–C) groups is 1. The van der Waals surface area contributed by atoms with Crippen molar-refractivity contribution >= 4 is 5.84 Å². The molecule has 1 aliphatic rings. The van der Waals surface area contributed by atoms with Crippen molar-refractivity contribution in [3.63, 3.8) is 0 Å². The van der Waals surface area contributed by atoms with E-state index in [0.717, 1.165) is 26.1 Å². The van der Waals surface area contributed by atoms with Gasteiger partial charge < -0.3 is 10.2 Å². The quantitative estimate of drug-likeness (QED) is 0.794. The molecule has 1 N–H and O–H groups in total. The molecular formula is C13H27N3. The molecule has 0 bridgehead atoms. The van der Waals surface area contributed by atoms with E-state index < -0.39 is 0 Å². The fourth-order valence-corrected chi connectivity index (χ4v) is 2.27. The summed E-state index contributed by atoms with van der Waals surface area (Å²) in [5.41, 5.74) is 0.304. The van der Waals surface area contributed by atoms with E-state index in [2.05, 4.69) is 43.2 Å². The fourth-order valence-electron chi connectivity index (χ4n) is 2.27. The molecule has 0 saturated carbocycles. The summed E-state index contributed by atoms with van der Waals surface area (Å²) in [5.74, 6) is 1.23. The molecule has 0 aromatic heterocycles. The molecule has 0 radical (unpaired) electrons. The lowest BCUT2D eigenvalue weighted by Gasteiger charge is -2.29. The Morgan fingerprint density at radius 3 is 2.69 bits per heavy atom. The molecule has 1 aliphatic heterocycles. The smallest absolute Gasteiger partial charge is 0.0963 e. The van der Waals surface area contributed by atoms with Crippen molar-refractivity contribution in [2.24, 2.45) is 10.4 Å². The number of hydrogen-bond donors (Lipinski definition) is 1. The van der Waals surface area contributed by atoms with Crippen LogP contribution >= 0.6 is 0 Å². The standard InChI is InChI=1S/C13H27N3/c1-13(2,11-16(3)4)10-15-12-8-6-5-7-9-14-12/h5-11H2,1-4H3,(H,14,15). The Balaban J connectivity index is 2.34. The fraction of sp³-hybridized carbons (Fsp3) is 0.923. The van der Waals surface area contributed by atoms with Crippen molar-refractivity contribution in [2.45, 2.75) is 39.5 Å². The number of nitrogens with one attached hydrogen (secondary N) is 1. The normalized spacial score (nSPS) is 18.2. The lowest BCUT2D eigenvalue weighted by atomic mass is 9.93. The van der Waals surface area contributed by atoms with Gasteiger partial charge in [0.05, 0.1) is 5.84 Å². The van der Waals surface area contributed by atoms with Crippen LogP contribution in [-0.2, 0) is 0 Å². The molecule has 94 valence electrons. The van der Waals surface area contributed by atoms with Crippen molar-refractivity contribution in [1.29, 1.82) is 0 Å². The van der Waals surface area contributed by atoms with Gasteiger partial charge in [0.25, 0.3) is 0 Å². The van der Waals surface area contributed by atoms with E-state index >= 15 is 0 Å². The molecule has 0 fully saturated rings. The van der Waals surface area contributed by atoms with Gasteiger partial charge in [-0.1, -0.05) is 20.3 Å². The molecule has 3 nitrogen and oxygen atoms in total. The second-order valence-electron chi connectivity index (χ2n) is 5.89. The summed E-state index contributed by atoms with van der Waals surface area (Å²) in [6, 6.07) is 0. The Morgan fingerprint density at radius 2 is 2.00 bits per heavy atom. The van der Waals surface area contributed by atoms with Crippen LogP contribution in [0.1, 0.15) is 39.5 Å². The average Bonchev–Trinajstić information content (AvgIpc) is 2.40. The molecule has 0 aromatic rings. The zero-order chi connectivity index (χ0) is 12.0. The van der Waals surface area contributed by atoms with Gasteiger partial charge in [0, 0.05) is 26.1 Å². The van der Waals surface area contributed by atoms with Gasteiger partial charge in [-0.05, 0) is 32.4 Å². The maximum absolute atomic E-state index is 4.60. The highest BCUT2D eigenvalue weighted by molar-refractivity contribution is 5.82. The SMILES string of the molecule is CN(C)CC(C)(C)CNC1=NCCCCC1. The van der Waals surface area contributed by atoms with Gasteiger partial charge in [-0.25, -0.2) is 0 Å². The summed E-state index contributed by atoms with van der Waals surface area (Å²) >= 11 is 0. The van der Waals surface area contributed by atoms with E-state index in [1.165, 1.54) is 25.1 Å². The van der Waals surface area contributed by atoms with Crippen LogP contribution in [-0.4, -0.2) is 44.5 Å². The number of nitrogens with zero attached hydrogens (tertiary/aromatic N) is 2. The minimum atomic E-state index is 0.304. The molecule has 0 aliphatic carbocycles. The monoisotopic (exact) mass is 225 g/mol. The van der Waals surface area contributed by atoms with Crippen molar-refractivity contribution in [1.82, 2.24) is 10.2 Å². The molecule has 16 heavy (non-hydrogen) atoms. The zero-order valence-electron chi connectivity index (χ0n) is 11.3. The van der Waals surface area contributed by atoms with E-state index in [4.69, 9.17) is 0 Å². The Kier molecular flexibility index (Phi) is 5.26. The van der Waals surface area contributed by atoms with Gasteiger partial charge >= 0.3 is 0 Å². The van der Waals surface area contributed by atoms with Crippen LogP contribution in [0.15, 0.2) is 4.99 Å². The third-order valence-corrected chi connectivity index (χ3v) is 2.89. The maximum Gasteiger partial charge on any atom is 0.0963 e. The van der Waals surface area contributed by atoms with Crippen LogP contribution in [0.4, 0.5) is 0 Å². The molecule has 0 amide bonds. The van der Waals surface area contributed by atoms with Gasteiger partial charge in [-0.15, -0.1) is 0 Å². The van der Waals surface area contributed by atoms with Crippen LogP contribution in [0.3, 0.4) is 0 Å². The number of amidine groups is 1. The van der Waals surface area contributed by atoms with Crippen LogP contribution in [0.25, 0.3) is 0 Å². The van der Waals surface area contributed by atoms with Gasteiger partial charge in [-0.3, -0.25) is 4.99 Å². The van der Waals surface area contributed by atoms with E-state index in [9.17, 15) is 0 Å². The minimum Gasteiger partial charge on any atom is -0.373 e. The topological polar surface area (TPSA) is 27.6 Å². The maximum atomic E-state index is 4.60. The van der Waals surface area contributed by atoms with E-state index in [0.29, 0.717) is 5.41 Å². The van der Waals surface area contributed by atoms with Crippen LogP contribution in [0.2, 0.25) is 0 Å². The third-order valence-electron chi connectivity index (χ3n) is 2.89. The first-order valence-electron chi connectivity index (χ1n) is 6.41. The Hall–Kier alpha value is -0.570. The summed E-state index contributed by atoms with van der Waals surface area (Å²) < 4.78 is 0. The molecule has 0 aromatic carbocycles. The van der Waals surface area contributed by atoms with E-state index in [1.807, 2.05) is 0 Å². The number of hydrogen-bond acceptors (Lipinski definition) is 3. The molecule has 0 atom stereocenters. The molecule has 0 spiro atoms. The van der Waals surface area contributed by atoms with Crippen LogP contribution < -0.4 is 5.32 Å². The Bertz CT molecular complexity index is 231. The van der Waals surface area contributed by atoms with Gasteiger partial charge in [0.1, 0.15) is 0 Å². The third kappa shape index (κ3) is 5.50. The molecule has 0 saturated heterocycles. The van der Waals surface area contributed by atoms with Gasteiger partial charge in [0.2, 0.25) is 0 Å². The number of rotatable bonds is 4.